The lowest BCUT2D eigenvalue weighted by atomic mass is 9.69. The Bertz CT molecular complexity index is 215. The van der Waals surface area contributed by atoms with E-state index in [0.717, 1.165) is 36.0 Å². The van der Waals surface area contributed by atoms with E-state index in [0.29, 0.717) is 5.41 Å². The highest BCUT2D eigenvalue weighted by atomic mass is 32.2. The minimum atomic E-state index is 0.444. The van der Waals surface area contributed by atoms with Gasteiger partial charge in [0, 0.05) is 18.1 Å². The number of rotatable bonds is 5. The fraction of sp³-hybridized carbons (Fsp3) is 1.00. The highest BCUT2D eigenvalue weighted by Gasteiger charge is 2.35. The van der Waals surface area contributed by atoms with Crippen molar-refractivity contribution in [2.45, 2.75) is 45.3 Å². The van der Waals surface area contributed by atoms with Crippen LogP contribution in [0.15, 0.2) is 0 Å². The molecule has 3 unspecified atom stereocenters. The van der Waals surface area contributed by atoms with E-state index in [9.17, 15) is 0 Å². The van der Waals surface area contributed by atoms with E-state index < -0.39 is 0 Å². The standard InChI is InChI=1S/C14H29NOS/c1-14(2,3)12-6-5-11(10-15)13(9-12)17-8-7-16-4/h11-13H,5-10,15H2,1-4H3. The molecule has 0 aliphatic heterocycles. The predicted molar refractivity (Wildman–Crippen MR) is 77.5 cm³/mol. The Hall–Kier alpha value is 0.270. The highest BCUT2D eigenvalue weighted by molar-refractivity contribution is 7.99. The molecule has 1 saturated carbocycles. The molecule has 3 atom stereocenters. The van der Waals surface area contributed by atoms with Crippen LogP contribution in [0.4, 0.5) is 0 Å². The lowest BCUT2D eigenvalue weighted by Crippen LogP contribution is -2.37. The van der Waals surface area contributed by atoms with E-state index in [1.54, 1.807) is 7.11 Å². The molecule has 0 bridgehead atoms. The molecule has 0 aromatic heterocycles. The number of ether oxygens (including phenoxy) is 1. The summed E-state index contributed by atoms with van der Waals surface area (Å²) in [5, 5.41) is 0.744. The van der Waals surface area contributed by atoms with E-state index in [1.807, 2.05) is 0 Å². The van der Waals surface area contributed by atoms with Gasteiger partial charge in [0.05, 0.1) is 6.61 Å². The third-order valence-corrected chi connectivity index (χ3v) is 5.48. The largest absolute Gasteiger partial charge is 0.384 e. The van der Waals surface area contributed by atoms with Crippen molar-refractivity contribution >= 4 is 11.8 Å². The molecule has 0 spiro atoms. The molecule has 1 aliphatic rings. The molecule has 0 heterocycles. The molecule has 0 aromatic rings. The quantitative estimate of drug-likeness (QED) is 0.770. The van der Waals surface area contributed by atoms with E-state index in [2.05, 4.69) is 32.5 Å². The minimum absolute atomic E-state index is 0.444. The van der Waals surface area contributed by atoms with Crippen LogP contribution >= 0.6 is 11.8 Å². The maximum Gasteiger partial charge on any atom is 0.0553 e. The van der Waals surface area contributed by atoms with Crippen LogP contribution in [0.25, 0.3) is 0 Å². The monoisotopic (exact) mass is 259 g/mol. The molecule has 1 aliphatic carbocycles. The molecule has 102 valence electrons. The molecule has 1 rings (SSSR count). The van der Waals surface area contributed by atoms with Crippen LogP contribution in [0.3, 0.4) is 0 Å². The summed E-state index contributed by atoms with van der Waals surface area (Å²) in [7, 11) is 1.78. The van der Waals surface area contributed by atoms with Crippen LogP contribution in [-0.2, 0) is 4.74 Å². The fourth-order valence-corrected chi connectivity index (χ4v) is 4.19. The van der Waals surface area contributed by atoms with Crippen molar-refractivity contribution in [3.8, 4) is 0 Å². The lowest BCUT2D eigenvalue weighted by molar-refractivity contribution is 0.157. The summed E-state index contributed by atoms with van der Waals surface area (Å²) in [4.78, 5) is 0. The van der Waals surface area contributed by atoms with Crippen LogP contribution in [0.5, 0.6) is 0 Å². The van der Waals surface area contributed by atoms with E-state index >= 15 is 0 Å². The van der Waals surface area contributed by atoms with E-state index in [1.165, 1.54) is 19.3 Å². The number of hydrogen-bond donors (Lipinski definition) is 1. The molecule has 0 amide bonds. The summed E-state index contributed by atoms with van der Waals surface area (Å²) in [6.45, 7) is 8.83. The summed E-state index contributed by atoms with van der Waals surface area (Å²) in [6.07, 6.45) is 4.00. The fourth-order valence-electron chi connectivity index (χ4n) is 2.74. The second kappa shape index (κ2) is 7.01. The van der Waals surface area contributed by atoms with Gasteiger partial charge in [-0.3, -0.25) is 0 Å². The number of thioether (sulfide) groups is 1. The highest BCUT2D eigenvalue weighted by Crippen LogP contribution is 2.43. The third kappa shape index (κ3) is 4.80. The zero-order chi connectivity index (χ0) is 12.9. The van der Waals surface area contributed by atoms with Gasteiger partial charge >= 0.3 is 0 Å². The van der Waals surface area contributed by atoms with Crippen molar-refractivity contribution in [2.75, 3.05) is 26.0 Å². The lowest BCUT2D eigenvalue weighted by Gasteiger charge is -2.41. The van der Waals surface area contributed by atoms with Crippen LogP contribution in [0, 0.1) is 17.3 Å². The van der Waals surface area contributed by atoms with Crippen molar-refractivity contribution in [3.05, 3.63) is 0 Å². The molecule has 2 nitrogen and oxygen atoms in total. The molecule has 0 saturated heterocycles. The number of methoxy groups -OCH3 is 1. The van der Waals surface area contributed by atoms with Crippen LogP contribution in [0.2, 0.25) is 0 Å². The van der Waals surface area contributed by atoms with E-state index in [-0.39, 0.29) is 0 Å². The average Bonchev–Trinajstić information content (AvgIpc) is 2.28. The van der Waals surface area contributed by atoms with Gasteiger partial charge in [-0.05, 0) is 43.1 Å². The molecule has 0 aromatic carbocycles. The van der Waals surface area contributed by atoms with Crippen LogP contribution in [-0.4, -0.2) is 31.3 Å². The van der Waals surface area contributed by atoms with Gasteiger partial charge in [-0.2, -0.15) is 11.8 Å². The van der Waals surface area contributed by atoms with Crippen molar-refractivity contribution in [1.29, 1.82) is 0 Å². The number of hydrogen-bond acceptors (Lipinski definition) is 3. The summed E-state index contributed by atoms with van der Waals surface area (Å²) in [5.74, 6) is 2.68. The Kier molecular flexibility index (Phi) is 6.32. The first-order chi connectivity index (χ1) is 7.99. The first-order valence-corrected chi connectivity index (χ1v) is 7.84. The first-order valence-electron chi connectivity index (χ1n) is 6.79. The third-order valence-electron chi connectivity index (χ3n) is 4.08. The van der Waals surface area contributed by atoms with Gasteiger partial charge in [0.25, 0.3) is 0 Å². The maximum atomic E-state index is 5.91. The smallest absolute Gasteiger partial charge is 0.0553 e. The van der Waals surface area contributed by atoms with Gasteiger partial charge in [0.15, 0.2) is 0 Å². The summed E-state index contributed by atoms with van der Waals surface area (Å²) in [6, 6.07) is 0. The first kappa shape index (κ1) is 15.3. The van der Waals surface area contributed by atoms with Crippen molar-refractivity contribution in [2.24, 2.45) is 23.0 Å². The van der Waals surface area contributed by atoms with Gasteiger partial charge < -0.3 is 10.5 Å². The maximum absolute atomic E-state index is 5.91. The van der Waals surface area contributed by atoms with Crippen molar-refractivity contribution in [1.82, 2.24) is 0 Å². The SMILES string of the molecule is COCCSC1CC(C(C)(C)C)CCC1CN. The van der Waals surface area contributed by atoms with Gasteiger partial charge in [-0.15, -0.1) is 0 Å². The Morgan fingerprint density at radius 1 is 1.29 bits per heavy atom. The minimum Gasteiger partial charge on any atom is -0.384 e. The predicted octanol–water partition coefficient (Wildman–Crippen LogP) is 3.16. The Morgan fingerprint density at radius 2 is 2.00 bits per heavy atom. The molecule has 2 N–H and O–H groups in total. The van der Waals surface area contributed by atoms with Gasteiger partial charge in [0.1, 0.15) is 0 Å². The zero-order valence-corrected chi connectivity index (χ0v) is 12.7. The summed E-state index contributed by atoms with van der Waals surface area (Å²) in [5.41, 5.74) is 6.35. The van der Waals surface area contributed by atoms with E-state index in [4.69, 9.17) is 10.5 Å². The van der Waals surface area contributed by atoms with Gasteiger partial charge in [0.2, 0.25) is 0 Å². The van der Waals surface area contributed by atoms with Gasteiger partial charge in [-0.25, -0.2) is 0 Å². The molecular formula is C14H29NOS. The summed E-state index contributed by atoms with van der Waals surface area (Å²) >= 11 is 2.07. The average molecular weight is 259 g/mol. The topological polar surface area (TPSA) is 35.2 Å². The Morgan fingerprint density at radius 3 is 2.53 bits per heavy atom. The second-order valence-corrected chi connectivity index (χ2v) is 7.62. The van der Waals surface area contributed by atoms with Crippen LogP contribution < -0.4 is 5.73 Å². The summed E-state index contributed by atoms with van der Waals surface area (Å²) < 4.78 is 5.14. The molecular weight excluding hydrogens is 230 g/mol. The van der Waals surface area contributed by atoms with Crippen LogP contribution in [0.1, 0.15) is 40.0 Å². The number of nitrogens with two attached hydrogens (primary N) is 1. The Balaban J connectivity index is 2.49. The molecule has 3 heteroatoms. The normalized spacial score (nSPS) is 30.5. The van der Waals surface area contributed by atoms with Crippen molar-refractivity contribution in [3.63, 3.8) is 0 Å². The molecule has 1 fully saturated rings. The molecule has 0 radical (unpaired) electrons. The van der Waals surface area contributed by atoms with Crippen molar-refractivity contribution < 1.29 is 4.74 Å². The molecule has 17 heavy (non-hydrogen) atoms. The zero-order valence-electron chi connectivity index (χ0n) is 11.9. The van der Waals surface area contributed by atoms with Gasteiger partial charge in [-0.1, -0.05) is 20.8 Å². The second-order valence-electron chi connectivity index (χ2n) is 6.27. The Labute approximate surface area is 111 Å².